The molecule has 1 aliphatic rings. The number of rotatable bonds is 6. The van der Waals surface area contributed by atoms with E-state index in [1.54, 1.807) is 0 Å². The van der Waals surface area contributed by atoms with E-state index in [-0.39, 0.29) is 0 Å². The van der Waals surface area contributed by atoms with Crippen molar-refractivity contribution in [1.29, 1.82) is 0 Å². The molecule has 0 unspecified atom stereocenters. The van der Waals surface area contributed by atoms with Crippen LogP contribution in [0, 0.1) is 5.41 Å². The summed E-state index contributed by atoms with van der Waals surface area (Å²) in [7, 11) is 0. The largest absolute Gasteiger partial charge is 0.319 e. The second kappa shape index (κ2) is 5.12. The number of halogens is 2. The average Bonchev–Trinajstić information content (AvgIpc) is 2.70. The van der Waals surface area contributed by atoms with E-state index in [0.29, 0.717) is 17.8 Å². The summed E-state index contributed by atoms with van der Waals surface area (Å²) in [5.74, 6) is 0.408. The maximum Gasteiger partial charge on any atom is 0.319 e. The zero-order valence-corrected chi connectivity index (χ0v) is 10.1. The minimum Gasteiger partial charge on any atom is -0.309 e. The first-order chi connectivity index (χ1) is 8.17. The maximum absolute atomic E-state index is 12.6. The first-order valence-electron chi connectivity index (χ1n) is 6.17. The standard InChI is InChI=1S/C12H19F2N3/c1-2-12(4-3-5-12)9-15-8-10-16-6-7-17(10)11(13)14/h6-7,11,15H,2-5,8-9H2,1H3. The van der Waals surface area contributed by atoms with E-state index < -0.39 is 6.55 Å². The SMILES string of the molecule is CCC1(CNCc2nccn2C(F)F)CCC1. The Morgan fingerprint density at radius 2 is 2.29 bits per heavy atom. The molecule has 0 aliphatic heterocycles. The van der Waals surface area contributed by atoms with Gasteiger partial charge in [-0.2, -0.15) is 8.78 Å². The van der Waals surface area contributed by atoms with Crippen LogP contribution in [-0.4, -0.2) is 16.1 Å². The molecular weight excluding hydrogens is 224 g/mol. The molecule has 0 atom stereocenters. The van der Waals surface area contributed by atoms with Gasteiger partial charge < -0.3 is 5.32 Å². The smallest absolute Gasteiger partial charge is 0.309 e. The molecule has 1 aromatic heterocycles. The minimum absolute atomic E-state index is 0.405. The highest BCUT2D eigenvalue weighted by molar-refractivity contribution is 4.94. The lowest BCUT2D eigenvalue weighted by molar-refractivity contribution is 0.0659. The van der Waals surface area contributed by atoms with Crippen LogP contribution in [0.2, 0.25) is 0 Å². The Morgan fingerprint density at radius 3 is 2.82 bits per heavy atom. The molecule has 0 bridgehead atoms. The van der Waals surface area contributed by atoms with Gasteiger partial charge in [-0.25, -0.2) is 4.98 Å². The van der Waals surface area contributed by atoms with E-state index in [2.05, 4.69) is 17.2 Å². The summed E-state index contributed by atoms with van der Waals surface area (Å²) in [5, 5.41) is 3.26. The Balaban J connectivity index is 1.83. The van der Waals surface area contributed by atoms with Gasteiger partial charge in [0, 0.05) is 18.9 Å². The van der Waals surface area contributed by atoms with Crippen LogP contribution in [0.3, 0.4) is 0 Å². The minimum atomic E-state index is -2.50. The Hall–Kier alpha value is -0.970. The topological polar surface area (TPSA) is 29.9 Å². The van der Waals surface area contributed by atoms with Gasteiger partial charge in [-0.1, -0.05) is 13.3 Å². The van der Waals surface area contributed by atoms with Crippen LogP contribution in [0.25, 0.3) is 0 Å². The molecule has 1 aromatic rings. The molecule has 1 saturated carbocycles. The van der Waals surface area contributed by atoms with Crippen LogP contribution in [-0.2, 0) is 6.54 Å². The van der Waals surface area contributed by atoms with Crippen LogP contribution in [0.15, 0.2) is 12.4 Å². The molecule has 0 spiro atoms. The second-order valence-corrected chi connectivity index (χ2v) is 4.84. The molecule has 1 fully saturated rings. The summed E-state index contributed by atoms with van der Waals surface area (Å²) in [5.41, 5.74) is 0.405. The van der Waals surface area contributed by atoms with E-state index in [9.17, 15) is 8.78 Å². The van der Waals surface area contributed by atoms with Gasteiger partial charge >= 0.3 is 6.55 Å². The Morgan fingerprint density at radius 1 is 1.53 bits per heavy atom. The number of imidazole rings is 1. The van der Waals surface area contributed by atoms with Gasteiger partial charge in [-0.05, 0) is 24.7 Å². The molecule has 2 rings (SSSR count). The van der Waals surface area contributed by atoms with Crippen molar-refractivity contribution in [3.63, 3.8) is 0 Å². The van der Waals surface area contributed by atoms with E-state index in [1.165, 1.54) is 31.7 Å². The van der Waals surface area contributed by atoms with Crippen molar-refractivity contribution in [1.82, 2.24) is 14.9 Å². The highest BCUT2D eigenvalue weighted by Crippen LogP contribution is 2.43. The fraction of sp³-hybridized carbons (Fsp3) is 0.750. The molecule has 0 saturated heterocycles. The van der Waals surface area contributed by atoms with Gasteiger partial charge in [0.1, 0.15) is 5.82 Å². The highest BCUT2D eigenvalue weighted by atomic mass is 19.3. The number of hydrogen-bond donors (Lipinski definition) is 1. The molecule has 1 aliphatic carbocycles. The molecular formula is C12H19F2N3. The Kier molecular flexibility index (Phi) is 3.76. The normalized spacial score (nSPS) is 18.4. The molecule has 5 heteroatoms. The third-order valence-corrected chi connectivity index (χ3v) is 3.91. The Labute approximate surface area is 100 Å². The predicted molar refractivity (Wildman–Crippen MR) is 61.8 cm³/mol. The molecule has 3 nitrogen and oxygen atoms in total. The van der Waals surface area contributed by atoms with Crippen molar-refractivity contribution in [3.8, 4) is 0 Å². The van der Waals surface area contributed by atoms with E-state index in [0.717, 1.165) is 17.5 Å². The second-order valence-electron chi connectivity index (χ2n) is 4.84. The predicted octanol–water partition coefficient (Wildman–Crippen LogP) is 2.95. The number of alkyl halides is 2. The Bertz CT molecular complexity index is 353. The van der Waals surface area contributed by atoms with E-state index in [1.807, 2.05) is 0 Å². The molecule has 1 N–H and O–H groups in total. The number of nitrogens with one attached hydrogen (secondary N) is 1. The van der Waals surface area contributed by atoms with Crippen molar-refractivity contribution in [3.05, 3.63) is 18.2 Å². The lowest BCUT2D eigenvalue weighted by Gasteiger charge is -2.41. The van der Waals surface area contributed by atoms with Gasteiger partial charge in [0.15, 0.2) is 0 Å². The fourth-order valence-corrected chi connectivity index (χ4v) is 2.43. The first-order valence-corrected chi connectivity index (χ1v) is 6.17. The van der Waals surface area contributed by atoms with Crippen molar-refractivity contribution < 1.29 is 8.78 Å². The number of hydrogen-bond acceptors (Lipinski definition) is 2. The quantitative estimate of drug-likeness (QED) is 0.832. The summed E-state index contributed by atoms with van der Waals surface area (Å²) >= 11 is 0. The van der Waals surface area contributed by atoms with Crippen LogP contribution in [0.5, 0.6) is 0 Å². The summed E-state index contributed by atoms with van der Waals surface area (Å²) in [6, 6.07) is 0. The van der Waals surface area contributed by atoms with Crippen LogP contribution < -0.4 is 5.32 Å². The molecule has 0 aromatic carbocycles. The van der Waals surface area contributed by atoms with Crippen molar-refractivity contribution in [2.24, 2.45) is 5.41 Å². The van der Waals surface area contributed by atoms with Crippen LogP contribution in [0.1, 0.15) is 45.0 Å². The summed E-state index contributed by atoms with van der Waals surface area (Å²) in [6.45, 7) is 1.01. The summed E-state index contributed by atoms with van der Waals surface area (Å²) in [4.78, 5) is 3.95. The molecule has 0 radical (unpaired) electrons. The number of nitrogens with zero attached hydrogens (tertiary/aromatic N) is 2. The monoisotopic (exact) mass is 243 g/mol. The van der Waals surface area contributed by atoms with Gasteiger partial charge in [0.25, 0.3) is 0 Å². The maximum atomic E-state index is 12.6. The van der Waals surface area contributed by atoms with Crippen LogP contribution in [0.4, 0.5) is 8.78 Å². The van der Waals surface area contributed by atoms with Gasteiger partial charge in [0.05, 0.1) is 6.54 Å². The molecule has 96 valence electrons. The summed E-state index contributed by atoms with van der Waals surface area (Å²) in [6.07, 6.45) is 7.69. The molecule has 17 heavy (non-hydrogen) atoms. The average molecular weight is 243 g/mol. The molecule has 0 amide bonds. The van der Waals surface area contributed by atoms with Gasteiger partial charge in [0.2, 0.25) is 0 Å². The third-order valence-electron chi connectivity index (χ3n) is 3.91. The van der Waals surface area contributed by atoms with Crippen LogP contribution >= 0.6 is 0 Å². The first kappa shape index (κ1) is 12.5. The van der Waals surface area contributed by atoms with Gasteiger partial charge in [-0.15, -0.1) is 0 Å². The van der Waals surface area contributed by atoms with E-state index in [4.69, 9.17) is 0 Å². The summed E-state index contributed by atoms with van der Waals surface area (Å²) < 4.78 is 26.0. The zero-order valence-electron chi connectivity index (χ0n) is 10.1. The van der Waals surface area contributed by atoms with E-state index >= 15 is 0 Å². The van der Waals surface area contributed by atoms with Crippen molar-refractivity contribution in [2.45, 2.75) is 45.7 Å². The highest BCUT2D eigenvalue weighted by Gasteiger charge is 2.34. The third kappa shape index (κ3) is 2.65. The zero-order chi connectivity index (χ0) is 12.3. The number of aromatic nitrogens is 2. The fourth-order valence-electron chi connectivity index (χ4n) is 2.43. The van der Waals surface area contributed by atoms with Crippen molar-refractivity contribution >= 4 is 0 Å². The van der Waals surface area contributed by atoms with Gasteiger partial charge in [-0.3, -0.25) is 4.57 Å². The van der Waals surface area contributed by atoms with Crippen molar-refractivity contribution in [2.75, 3.05) is 6.54 Å². The molecule has 1 heterocycles. The lowest BCUT2D eigenvalue weighted by Crippen LogP contribution is -2.39. The lowest BCUT2D eigenvalue weighted by atomic mass is 9.67.